The molecule has 0 aromatic heterocycles. The average Bonchev–Trinajstić information content (AvgIpc) is 2.49. The van der Waals surface area contributed by atoms with Crippen molar-refractivity contribution in [3.05, 3.63) is 58.7 Å². The molecule has 0 aliphatic heterocycles. The molecule has 0 saturated carbocycles. The minimum Gasteiger partial charge on any atom is -0.497 e. The predicted molar refractivity (Wildman–Crippen MR) is 99.9 cm³/mol. The normalized spacial score (nSPS) is 11.9. The van der Waals surface area contributed by atoms with Gasteiger partial charge in [-0.1, -0.05) is 45.0 Å². The van der Waals surface area contributed by atoms with Crippen molar-refractivity contribution >= 4 is 19.4 Å². The van der Waals surface area contributed by atoms with E-state index >= 15 is 0 Å². The molecule has 0 spiro atoms. The lowest BCUT2D eigenvalue weighted by atomic mass is 9.87. The molecule has 3 heteroatoms. The van der Waals surface area contributed by atoms with Crippen LogP contribution in [0.5, 0.6) is 5.75 Å². The molecule has 0 N–H and O–H groups in total. The number of carbonyl (C=O) groups is 1. The summed E-state index contributed by atoms with van der Waals surface area (Å²) in [5.41, 5.74) is 4.54. The van der Waals surface area contributed by atoms with Crippen LogP contribution in [-0.2, 0) is 5.41 Å². The van der Waals surface area contributed by atoms with Crippen LogP contribution in [0.3, 0.4) is 0 Å². The first-order valence-corrected chi connectivity index (χ1v) is 8.79. The lowest BCUT2D eigenvalue weighted by Gasteiger charge is -2.19. The Morgan fingerprint density at radius 1 is 1.00 bits per heavy atom. The zero-order valence-electron chi connectivity index (χ0n) is 14.8. The molecule has 23 heavy (non-hydrogen) atoms. The summed E-state index contributed by atoms with van der Waals surface area (Å²) in [5.74, 6) is 0.843. The molecule has 2 aromatic carbocycles. The summed E-state index contributed by atoms with van der Waals surface area (Å²) < 4.78 is 5.28. The van der Waals surface area contributed by atoms with E-state index < -0.39 is 0 Å². The second-order valence-electron chi connectivity index (χ2n) is 6.92. The van der Waals surface area contributed by atoms with E-state index in [-0.39, 0.29) is 19.5 Å². The van der Waals surface area contributed by atoms with Gasteiger partial charge in [0.15, 0.2) is 5.52 Å². The van der Waals surface area contributed by atoms with Gasteiger partial charge in [-0.25, -0.2) is 0 Å². The van der Waals surface area contributed by atoms with Crippen molar-refractivity contribution in [3.63, 3.8) is 0 Å². The highest BCUT2D eigenvalue weighted by Gasteiger charge is 2.16. The molecule has 1 unspecified atom stereocenters. The number of hydrogen-bond donors (Lipinski definition) is 0. The van der Waals surface area contributed by atoms with Crippen LogP contribution >= 0.6 is 8.58 Å². The van der Waals surface area contributed by atoms with Crippen molar-refractivity contribution in [3.8, 4) is 5.75 Å². The number of rotatable bonds is 4. The van der Waals surface area contributed by atoms with Gasteiger partial charge in [-0.05, 0) is 62.0 Å². The molecule has 0 aliphatic carbocycles. The van der Waals surface area contributed by atoms with Crippen LogP contribution in [0.4, 0.5) is 0 Å². The number of ether oxygens (including phenoxy) is 1. The van der Waals surface area contributed by atoms with Crippen LogP contribution in [0.25, 0.3) is 0 Å². The molecule has 122 valence electrons. The third-order valence-corrected chi connectivity index (χ3v) is 5.55. The number of carbonyl (C=O) groups excluding carboxylic acids is 1. The Balaban J connectivity index is 2.23. The van der Waals surface area contributed by atoms with Gasteiger partial charge in [0.2, 0.25) is 0 Å². The molecular formula is C20H25O2P. The van der Waals surface area contributed by atoms with Gasteiger partial charge >= 0.3 is 0 Å². The summed E-state index contributed by atoms with van der Waals surface area (Å²) in [4.78, 5) is 12.6. The van der Waals surface area contributed by atoms with E-state index in [2.05, 4.69) is 32.9 Å². The Bertz CT molecular complexity index is 686. The molecule has 2 rings (SSSR count). The van der Waals surface area contributed by atoms with Gasteiger partial charge in [-0.15, -0.1) is 0 Å². The Morgan fingerprint density at radius 3 is 1.96 bits per heavy atom. The second kappa shape index (κ2) is 6.84. The molecule has 1 atom stereocenters. The van der Waals surface area contributed by atoms with Crippen LogP contribution in [0.1, 0.15) is 47.8 Å². The van der Waals surface area contributed by atoms with Crippen molar-refractivity contribution in [2.45, 2.75) is 40.0 Å². The zero-order chi connectivity index (χ0) is 17.2. The minimum absolute atomic E-state index is 0.104. The topological polar surface area (TPSA) is 26.3 Å². The third-order valence-electron chi connectivity index (χ3n) is 3.99. The van der Waals surface area contributed by atoms with Gasteiger partial charge in [0.1, 0.15) is 5.75 Å². The summed E-state index contributed by atoms with van der Waals surface area (Å²) in [6.45, 7) is 10.6. The lowest BCUT2D eigenvalue weighted by Crippen LogP contribution is -2.12. The van der Waals surface area contributed by atoms with Crippen molar-refractivity contribution in [2.75, 3.05) is 7.11 Å². The van der Waals surface area contributed by atoms with Crippen LogP contribution in [0.2, 0.25) is 0 Å². The van der Waals surface area contributed by atoms with Crippen molar-refractivity contribution < 1.29 is 9.53 Å². The number of aryl methyl sites for hydroxylation is 2. The monoisotopic (exact) mass is 328 g/mol. The summed E-state index contributed by atoms with van der Waals surface area (Å²) in [7, 11) is 1.80. The van der Waals surface area contributed by atoms with Crippen LogP contribution in [0, 0.1) is 13.8 Å². The molecule has 2 aromatic rings. The fraction of sp³-hybridized carbons (Fsp3) is 0.350. The summed E-state index contributed by atoms with van der Waals surface area (Å²) in [6, 6.07) is 12.0. The maximum atomic E-state index is 12.6. The molecule has 0 radical (unpaired) electrons. The SMILES string of the molecule is COc1cc(C)c(PC(=O)c2ccc(C(C)(C)C)cc2)c(C)c1. The van der Waals surface area contributed by atoms with E-state index in [0.29, 0.717) is 0 Å². The van der Waals surface area contributed by atoms with E-state index in [4.69, 9.17) is 4.74 Å². The maximum absolute atomic E-state index is 12.6. The third kappa shape index (κ3) is 4.20. The molecular weight excluding hydrogens is 303 g/mol. The van der Waals surface area contributed by atoms with Gasteiger partial charge in [0, 0.05) is 5.56 Å². The quantitative estimate of drug-likeness (QED) is 0.757. The number of methoxy groups -OCH3 is 1. The molecule has 0 amide bonds. The predicted octanol–water partition coefficient (Wildman–Crippen LogP) is 4.75. The summed E-state index contributed by atoms with van der Waals surface area (Å²) in [5, 5.41) is 1.12. The largest absolute Gasteiger partial charge is 0.497 e. The van der Waals surface area contributed by atoms with E-state index in [1.165, 1.54) is 5.56 Å². The van der Waals surface area contributed by atoms with Crippen LogP contribution < -0.4 is 10.0 Å². The first-order chi connectivity index (χ1) is 10.7. The molecule has 0 bridgehead atoms. The highest BCUT2D eigenvalue weighted by atomic mass is 31.1. The van der Waals surface area contributed by atoms with Crippen molar-refractivity contribution in [1.82, 2.24) is 0 Å². The molecule has 0 saturated heterocycles. The van der Waals surface area contributed by atoms with Crippen LogP contribution in [-0.4, -0.2) is 12.6 Å². The maximum Gasteiger partial charge on any atom is 0.185 e. The van der Waals surface area contributed by atoms with E-state index in [0.717, 1.165) is 27.7 Å². The van der Waals surface area contributed by atoms with Gasteiger partial charge in [-0.2, -0.15) is 0 Å². The summed E-state index contributed by atoms with van der Waals surface area (Å²) >= 11 is 0. The molecule has 0 heterocycles. The zero-order valence-corrected chi connectivity index (χ0v) is 15.8. The number of hydrogen-bond acceptors (Lipinski definition) is 2. The highest BCUT2D eigenvalue weighted by molar-refractivity contribution is 7.66. The smallest absolute Gasteiger partial charge is 0.185 e. The summed E-state index contributed by atoms with van der Waals surface area (Å²) in [6.07, 6.45) is 0. The standard InChI is InChI=1S/C20H25O2P/c1-13-11-17(22-6)12-14(2)18(13)23-19(21)15-7-9-16(10-8-15)20(3,4)5/h7-12,23H,1-6H3. The average molecular weight is 328 g/mol. The molecule has 0 aliphatic rings. The van der Waals surface area contributed by atoms with E-state index in [1.807, 2.05) is 38.1 Å². The van der Waals surface area contributed by atoms with Gasteiger partial charge in [0.05, 0.1) is 7.11 Å². The Labute approximate surface area is 141 Å². The Morgan fingerprint density at radius 2 is 1.52 bits per heavy atom. The first-order valence-electron chi connectivity index (χ1n) is 7.79. The van der Waals surface area contributed by atoms with E-state index in [1.54, 1.807) is 7.11 Å². The molecule has 2 nitrogen and oxygen atoms in total. The Kier molecular flexibility index (Phi) is 5.26. The number of benzene rings is 2. The van der Waals surface area contributed by atoms with Crippen molar-refractivity contribution in [2.24, 2.45) is 0 Å². The molecule has 0 fully saturated rings. The second-order valence-corrected chi connectivity index (χ2v) is 8.12. The Hall–Kier alpha value is -1.66. The van der Waals surface area contributed by atoms with Gasteiger partial charge in [0.25, 0.3) is 0 Å². The van der Waals surface area contributed by atoms with Gasteiger partial charge < -0.3 is 4.74 Å². The fourth-order valence-corrected chi connectivity index (χ4v) is 3.62. The van der Waals surface area contributed by atoms with E-state index in [9.17, 15) is 4.79 Å². The van der Waals surface area contributed by atoms with Crippen molar-refractivity contribution in [1.29, 1.82) is 0 Å². The fourth-order valence-electron chi connectivity index (χ4n) is 2.55. The first kappa shape index (κ1) is 17.7. The highest BCUT2D eigenvalue weighted by Crippen LogP contribution is 2.27. The van der Waals surface area contributed by atoms with Crippen LogP contribution in [0.15, 0.2) is 36.4 Å². The minimum atomic E-state index is 0.104. The lowest BCUT2D eigenvalue weighted by molar-refractivity contribution is 0.108. The van der Waals surface area contributed by atoms with Gasteiger partial charge in [-0.3, -0.25) is 4.79 Å².